The van der Waals surface area contributed by atoms with Gasteiger partial charge in [-0.15, -0.1) is 0 Å². The van der Waals surface area contributed by atoms with Crippen molar-refractivity contribution in [1.82, 2.24) is 0 Å². The molecule has 1 unspecified atom stereocenters. The van der Waals surface area contributed by atoms with E-state index in [1.54, 1.807) is 0 Å². The Bertz CT molecular complexity index is 418. The lowest BCUT2D eigenvalue weighted by Gasteiger charge is -2.20. The zero-order valence-electron chi connectivity index (χ0n) is 19.0. The first kappa shape index (κ1) is 26.9. The number of unbranched alkanes of at least 4 members (excludes halogenated alkanes) is 9. The fourth-order valence-electron chi connectivity index (χ4n) is 3.05. The number of ether oxygens (including phenoxy) is 1. The van der Waals surface area contributed by atoms with E-state index in [2.05, 4.69) is 31.2 Å². The largest absolute Gasteiger partial charge is 0.460 e. The first-order valence-corrected chi connectivity index (χ1v) is 11.5. The number of carbonyl (C=O) groups excluding carboxylic acids is 1. The summed E-state index contributed by atoms with van der Waals surface area (Å²) < 4.78 is 5.23. The van der Waals surface area contributed by atoms with Crippen molar-refractivity contribution >= 4 is 5.97 Å². The highest BCUT2D eigenvalue weighted by Gasteiger charge is 2.18. The summed E-state index contributed by atoms with van der Waals surface area (Å²) in [6, 6.07) is 0. The molecular formula is C25H46O3. The minimum Gasteiger partial charge on any atom is -0.460 e. The molecule has 0 bridgehead atoms. The maximum absolute atomic E-state index is 11.6. The van der Waals surface area contributed by atoms with E-state index < -0.39 is 11.7 Å². The highest BCUT2D eigenvalue weighted by Crippen LogP contribution is 2.13. The molecule has 0 fully saturated rings. The van der Waals surface area contributed by atoms with E-state index in [9.17, 15) is 9.90 Å². The van der Waals surface area contributed by atoms with Gasteiger partial charge in [-0.2, -0.15) is 0 Å². The van der Waals surface area contributed by atoms with E-state index in [0.29, 0.717) is 6.42 Å². The Morgan fingerprint density at radius 3 is 1.96 bits per heavy atom. The van der Waals surface area contributed by atoms with Crippen LogP contribution in [-0.2, 0) is 9.53 Å². The second-order valence-corrected chi connectivity index (χ2v) is 8.82. The van der Waals surface area contributed by atoms with Crippen molar-refractivity contribution in [3.8, 4) is 0 Å². The lowest BCUT2D eigenvalue weighted by atomic mass is 10.1. The van der Waals surface area contributed by atoms with Crippen molar-refractivity contribution in [3.05, 3.63) is 24.3 Å². The maximum atomic E-state index is 11.6. The number of aliphatic hydroxyl groups is 1. The average molecular weight is 395 g/mol. The molecule has 28 heavy (non-hydrogen) atoms. The molecular weight excluding hydrogens is 348 g/mol. The van der Waals surface area contributed by atoms with Gasteiger partial charge in [-0.1, -0.05) is 76.2 Å². The van der Waals surface area contributed by atoms with Gasteiger partial charge < -0.3 is 9.84 Å². The molecule has 1 atom stereocenters. The molecule has 0 radical (unpaired) electrons. The Labute approximate surface area is 174 Å². The summed E-state index contributed by atoms with van der Waals surface area (Å²) in [6.45, 7) is 7.79. The Morgan fingerprint density at radius 1 is 0.857 bits per heavy atom. The van der Waals surface area contributed by atoms with Crippen LogP contribution in [0.3, 0.4) is 0 Å². The summed E-state index contributed by atoms with van der Waals surface area (Å²) in [7, 11) is 0. The summed E-state index contributed by atoms with van der Waals surface area (Å²) in [4.78, 5) is 11.6. The van der Waals surface area contributed by atoms with Crippen LogP contribution in [0.15, 0.2) is 24.3 Å². The van der Waals surface area contributed by atoms with Gasteiger partial charge in [0.2, 0.25) is 0 Å². The summed E-state index contributed by atoms with van der Waals surface area (Å²) in [6.07, 6.45) is 23.9. The third-order valence-electron chi connectivity index (χ3n) is 4.56. The fourth-order valence-corrected chi connectivity index (χ4v) is 3.05. The van der Waals surface area contributed by atoms with Crippen molar-refractivity contribution in [1.29, 1.82) is 0 Å². The number of esters is 1. The summed E-state index contributed by atoms with van der Waals surface area (Å²) in [5.41, 5.74) is -0.476. The van der Waals surface area contributed by atoms with Gasteiger partial charge in [0.15, 0.2) is 0 Å². The van der Waals surface area contributed by atoms with Gasteiger partial charge in [-0.25, -0.2) is 0 Å². The van der Waals surface area contributed by atoms with Crippen LogP contribution in [-0.4, -0.2) is 22.8 Å². The fraction of sp³-hybridized carbons (Fsp3) is 0.800. The standard InChI is InChI=1S/C25H46O3/c1-5-6-7-8-9-10-11-12-13-14-15-16-17-18-19-20-21-23(26)22-24(27)28-25(2,3)4/h10-11,13-14,23,26H,5-9,12,15-22H2,1-4H3/b11-10-,14-13-. The van der Waals surface area contributed by atoms with Gasteiger partial charge in [0.1, 0.15) is 5.60 Å². The molecule has 0 aliphatic heterocycles. The van der Waals surface area contributed by atoms with Crippen molar-refractivity contribution in [2.24, 2.45) is 0 Å². The number of rotatable bonds is 17. The molecule has 0 aliphatic carbocycles. The zero-order valence-corrected chi connectivity index (χ0v) is 19.0. The number of hydrogen-bond donors (Lipinski definition) is 1. The monoisotopic (exact) mass is 394 g/mol. The highest BCUT2D eigenvalue weighted by molar-refractivity contribution is 5.70. The summed E-state index contributed by atoms with van der Waals surface area (Å²) in [5.74, 6) is -0.307. The average Bonchev–Trinajstić information content (AvgIpc) is 2.59. The molecule has 0 spiro atoms. The first-order valence-electron chi connectivity index (χ1n) is 11.5. The van der Waals surface area contributed by atoms with Gasteiger partial charge in [0.05, 0.1) is 12.5 Å². The first-order chi connectivity index (χ1) is 13.3. The number of carbonyl (C=O) groups is 1. The Balaban J connectivity index is 3.43. The molecule has 0 aromatic heterocycles. The van der Waals surface area contributed by atoms with Crippen LogP contribution < -0.4 is 0 Å². The lowest BCUT2D eigenvalue weighted by Crippen LogP contribution is -2.26. The van der Waals surface area contributed by atoms with Crippen LogP contribution in [0.4, 0.5) is 0 Å². The molecule has 0 aromatic rings. The number of allylic oxidation sites excluding steroid dienone is 4. The smallest absolute Gasteiger partial charge is 0.308 e. The van der Waals surface area contributed by atoms with Crippen LogP contribution in [0.5, 0.6) is 0 Å². The van der Waals surface area contributed by atoms with Gasteiger partial charge >= 0.3 is 5.97 Å². The maximum Gasteiger partial charge on any atom is 0.308 e. The summed E-state index contributed by atoms with van der Waals surface area (Å²) in [5, 5.41) is 9.92. The van der Waals surface area contributed by atoms with Gasteiger partial charge in [0.25, 0.3) is 0 Å². The second-order valence-electron chi connectivity index (χ2n) is 8.82. The van der Waals surface area contributed by atoms with E-state index >= 15 is 0 Å². The predicted molar refractivity (Wildman–Crippen MR) is 120 cm³/mol. The highest BCUT2D eigenvalue weighted by atomic mass is 16.6. The predicted octanol–water partition coefficient (Wildman–Crippen LogP) is 7.28. The molecule has 0 aromatic carbocycles. The third kappa shape index (κ3) is 21.2. The Hall–Kier alpha value is -1.09. The molecule has 3 nitrogen and oxygen atoms in total. The van der Waals surface area contributed by atoms with E-state index in [1.807, 2.05) is 20.8 Å². The molecule has 0 rings (SSSR count). The van der Waals surface area contributed by atoms with Crippen molar-refractivity contribution in [3.63, 3.8) is 0 Å². The summed E-state index contributed by atoms with van der Waals surface area (Å²) >= 11 is 0. The topological polar surface area (TPSA) is 46.5 Å². The Morgan fingerprint density at radius 2 is 1.39 bits per heavy atom. The van der Waals surface area contributed by atoms with E-state index in [-0.39, 0.29) is 12.4 Å². The third-order valence-corrected chi connectivity index (χ3v) is 4.56. The van der Waals surface area contributed by atoms with Crippen LogP contribution in [0, 0.1) is 0 Å². The van der Waals surface area contributed by atoms with Crippen LogP contribution in [0.2, 0.25) is 0 Å². The van der Waals surface area contributed by atoms with Crippen LogP contribution in [0.25, 0.3) is 0 Å². The molecule has 0 saturated carbocycles. The normalized spacial score (nSPS) is 13.5. The lowest BCUT2D eigenvalue weighted by molar-refractivity contribution is -0.157. The van der Waals surface area contributed by atoms with Crippen molar-refractivity contribution in [2.75, 3.05) is 0 Å². The zero-order chi connectivity index (χ0) is 21.1. The molecule has 164 valence electrons. The second kappa shape index (κ2) is 18.0. The molecule has 0 heterocycles. The number of hydrogen-bond acceptors (Lipinski definition) is 3. The van der Waals surface area contributed by atoms with E-state index in [0.717, 1.165) is 25.7 Å². The van der Waals surface area contributed by atoms with Gasteiger partial charge in [-0.3, -0.25) is 4.79 Å². The van der Waals surface area contributed by atoms with Crippen LogP contribution in [0.1, 0.15) is 118 Å². The quantitative estimate of drug-likeness (QED) is 0.160. The SMILES string of the molecule is CCCCCC/C=C\C/C=C\CCCCCCCC(O)CC(=O)OC(C)(C)C. The van der Waals surface area contributed by atoms with Gasteiger partial charge in [0, 0.05) is 0 Å². The van der Waals surface area contributed by atoms with E-state index in [1.165, 1.54) is 51.4 Å². The molecule has 0 aliphatic rings. The number of aliphatic hydroxyl groups excluding tert-OH is 1. The van der Waals surface area contributed by atoms with Crippen molar-refractivity contribution in [2.45, 2.75) is 129 Å². The van der Waals surface area contributed by atoms with Crippen LogP contribution >= 0.6 is 0 Å². The van der Waals surface area contributed by atoms with Crippen molar-refractivity contribution < 1.29 is 14.6 Å². The molecule has 0 amide bonds. The van der Waals surface area contributed by atoms with Gasteiger partial charge in [-0.05, 0) is 59.3 Å². The molecule has 3 heteroatoms. The van der Waals surface area contributed by atoms with E-state index in [4.69, 9.17) is 4.74 Å². The molecule has 0 saturated heterocycles. The minimum atomic E-state index is -0.572. The molecule has 1 N–H and O–H groups in total. The minimum absolute atomic E-state index is 0.106. The Kier molecular flexibility index (Phi) is 17.3.